The molecule has 2 aliphatic rings. The Morgan fingerprint density at radius 2 is 1.42 bits per heavy atom. The van der Waals surface area contributed by atoms with Crippen LogP contribution in [-0.4, -0.2) is 4.98 Å². The van der Waals surface area contributed by atoms with Gasteiger partial charge in [0.2, 0.25) is 5.95 Å². The van der Waals surface area contributed by atoms with Crippen LogP contribution in [0.2, 0.25) is 0 Å². The molecule has 2 saturated carbocycles. The maximum absolute atomic E-state index is 14.7. The molecule has 1 nitrogen and oxygen atoms in total. The molecule has 4 heteroatoms. The Balaban J connectivity index is 1.78. The zero-order chi connectivity index (χ0) is 18.5. The van der Waals surface area contributed by atoms with Crippen molar-refractivity contribution in [1.82, 2.24) is 4.98 Å². The van der Waals surface area contributed by atoms with E-state index in [0.29, 0.717) is 17.0 Å². The summed E-state index contributed by atoms with van der Waals surface area (Å²) in [6.07, 6.45) is 13.7. The van der Waals surface area contributed by atoms with Gasteiger partial charge in [0.25, 0.3) is 5.95 Å². The lowest BCUT2D eigenvalue weighted by molar-refractivity contribution is 0.291. The molecule has 0 radical (unpaired) electrons. The fourth-order valence-corrected chi connectivity index (χ4v) is 5.14. The van der Waals surface area contributed by atoms with Gasteiger partial charge in [0.1, 0.15) is 0 Å². The van der Waals surface area contributed by atoms with E-state index in [1.54, 1.807) is 0 Å². The lowest BCUT2D eigenvalue weighted by Crippen LogP contribution is -2.20. The number of halogens is 3. The van der Waals surface area contributed by atoms with Gasteiger partial charge in [-0.15, -0.1) is 0 Å². The summed E-state index contributed by atoms with van der Waals surface area (Å²) >= 11 is 0. The number of pyridine rings is 1. The first-order valence-corrected chi connectivity index (χ1v) is 10.7. The molecule has 1 aromatic rings. The summed E-state index contributed by atoms with van der Waals surface area (Å²) in [5.41, 5.74) is 0.729. The number of hydrogen-bond donors (Lipinski definition) is 0. The summed E-state index contributed by atoms with van der Waals surface area (Å²) < 4.78 is 43.2. The van der Waals surface area contributed by atoms with Crippen molar-refractivity contribution in [2.24, 2.45) is 5.92 Å². The third-order valence-corrected chi connectivity index (χ3v) is 6.61. The van der Waals surface area contributed by atoms with Crippen molar-refractivity contribution in [2.75, 3.05) is 0 Å². The number of rotatable bonds is 6. The van der Waals surface area contributed by atoms with Crippen LogP contribution in [0.1, 0.15) is 113 Å². The third-order valence-electron chi connectivity index (χ3n) is 6.61. The fraction of sp³-hybridized carbons (Fsp3) is 0.773. The fourth-order valence-electron chi connectivity index (χ4n) is 5.14. The predicted molar refractivity (Wildman–Crippen MR) is 98.8 cm³/mol. The highest BCUT2D eigenvalue weighted by Crippen LogP contribution is 2.44. The smallest absolute Gasteiger partial charge is 0.202 e. The monoisotopic (exact) mass is 367 g/mol. The largest absolute Gasteiger partial charge is 0.251 e. The van der Waals surface area contributed by atoms with E-state index in [4.69, 9.17) is 0 Å². The average molecular weight is 367 g/mol. The van der Waals surface area contributed by atoms with Gasteiger partial charge in [-0.2, -0.15) is 13.8 Å². The maximum Gasteiger partial charge on any atom is 0.251 e. The van der Waals surface area contributed by atoms with Gasteiger partial charge in [-0.25, -0.2) is 4.39 Å². The standard InChI is InChI=1S/C22H32F3N/c1-2-3-5-8-15-11-13-17(14-12-15)18-19(16-9-6-4-7-10-16)21(24)26-22(25)20(18)23/h15-17H,2-14H2,1H3. The Bertz CT molecular complexity index is 588. The normalized spacial score (nSPS) is 24.8. The summed E-state index contributed by atoms with van der Waals surface area (Å²) in [7, 11) is 0. The lowest BCUT2D eigenvalue weighted by atomic mass is 9.73. The van der Waals surface area contributed by atoms with Crippen LogP contribution < -0.4 is 0 Å². The zero-order valence-electron chi connectivity index (χ0n) is 16.0. The molecule has 0 amide bonds. The van der Waals surface area contributed by atoms with E-state index in [0.717, 1.165) is 57.8 Å². The molecule has 0 atom stereocenters. The third kappa shape index (κ3) is 4.43. The second-order valence-electron chi connectivity index (χ2n) is 8.38. The highest BCUT2D eigenvalue weighted by molar-refractivity contribution is 5.34. The molecule has 0 spiro atoms. The van der Waals surface area contributed by atoms with Crippen molar-refractivity contribution < 1.29 is 13.2 Å². The molecule has 26 heavy (non-hydrogen) atoms. The molecule has 0 bridgehead atoms. The van der Waals surface area contributed by atoms with Gasteiger partial charge >= 0.3 is 0 Å². The predicted octanol–water partition coefficient (Wildman–Crippen LogP) is 7.40. The van der Waals surface area contributed by atoms with Gasteiger partial charge in [0, 0.05) is 11.1 Å². The van der Waals surface area contributed by atoms with Crippen LogP contribution in [0, 0.1) is 23.6 Å². The van der Waals surface area contributed by atoms with Crippen LogP contribution in [0.4, 0.5) is 13.2 Å². The highest BCUT2D eigenvalue weighted by atomic mass is 19.2. The molecule has 1 heterocycles. The number of unbranched alkanes of at least 4 members (excludes halogenated alkanes) is 2. The molecule has 2 aliphatic carbocycles. The van der Waals surface area contributed by atoms with E-state index < -0.39 is 17.7 Å². The van der Waals surface area contributed by atoms with Crippen molar-refractivity contribution in [2.45, 2.75) is 102 Å². The molecule has 3 rings (SSSR count). The Labute approximate surface area is 155 Å². The number of nitrogens with zero attached hydrogens (tertiary/aromatic N) is 1. The summed E-state index contributed by atoms with van der Waals surface area (Å²) in [6.45, 7) is 2.21. The summed E-state index contributed by atoms with van der Waals surface area (Å²) in [5.74, 6) is -2.28. The van der Waals surface area contributed by atoms with Crippen molar-refractivity contribution >= 4 is 0 Å². The van der Waals surface area contributed by atoms with Crippen molar-refractivity contribution in [3.8, 4) is 0 Å². The molecule has 2 fully saturated rings. The Kier molecular flexibility index (Phi) is 6.99. The minimum Gasteiger partial charge on any atom is -0.202 e. The SMILES string of the molecule is CCCCCC1CCC(c2c(F)c(F)nc(F)c2C2CCCCC2)CC1. The van der Waals surface area contributed by atoms with E-state index in [1.807, 2.05) is 0 Å². The Morgan fingerprint density at radius 1 is 0.769 bits per heavy atom. The van der Waals surface area contributed by atoms with E-state index >= 15 is 0 Å². The number of hydrogen-bond acceptors (Lipinski definition) is 1. The Hall–Kier alpha value is -1.06. The van der Waals surface area contributed by atoms with Gasteiger partial charge in [-0.3, -0.25) is 0 Å². The summed E-state index contributed by atoms with van der Waals surface area (Å²) in [5, 5.41) is 0. The lowest BCUT2D eigenvalue weighted by Gasteiger charge is -2.32. The molecule has 1 aromatic heterocycles. The second kappa shape index (κ2) is 9.23. The van der Waals surface area contributed by atoms with Crippen molar-refractivity contribution in [3.05, 3.63) is 28.8 Å². The van der Waals surface area contributed by atoms with Crippen molar-refractivity contribution in [3.63, 3.8) is 0 Å². The molecular weight excluding hydrogens is 335 g/mol. The Morgan fingerprint density at radius 3 is 2.08 bits per heavy atom. The molecule has 0 saturated heterocycles. The van der Waals surface area contributed by atoms with Gasteiger partial charge in [-0.05, 0) is 56.3 Å². The van der Waals surface area contributed by atoms with Crippen LogP contribution in [-0.2, 0) is 0 Å². The highest BCUT2D eigenvalue weighted by Gasteiger charge is 2.33. The molecule has 146 valence electrons. The van der Waals surface area contributed by atoms with Gasteiger partial charge in [0.05, 0.1) is 0 Å². The molecule has 0 aromatic carbocycles. The molecular formula is C22H32F3N. The van der Waals surface area contributed by atoms with Crippen LogP contribution in [0.5, 0.6) is 0 Å². The molecule has 0 N–H and O–H groups in total. The number of aromatic nitrogens is 1. The first-order chi connectivity index (χ1) is 12.6. The molecule has 0 aliphatic heterocycles. The second-order valence-corrected chi connectivity index (χ2v) is 8.38. The molecule has 0 unspecified atom stereocenters. The van der Waals surface area contributed by atoms with Gasteiger partial charge in [0.15, 0.2) is 5.82 Å². The average Bonchev–Trinajstić information content (AvgIpc) is 2.66. The van der Waals surface area contributed by atoms with Gasteiger partial charge < -0.3 is 0 Å². The first-order valence-electron chi connectivity index (χ1n) is 10.7. The quantitative estimate of drug-likeness (QED) is 0.377. The maximum atomic E-state index is 14.7. The van der Waals surface area contributed by atoms with E-state index in [2.05, 4.69) is 11.9 Å². The summed E-state index contributed by atoms with van der Waals surface area (Å²) in [4.78, 5) is 3.26. The van der Waals surface area contributed by atoms with Crippen molar-refractivity contribution in [1.29, 1.82) is 0 Å². The van der Waals surface area contributed by atoms with Gasteiger partial charge in [-0.1, -0.05) is 51.9 Å². The topological polar surface area (TPSA) is 12.9 Å². The van der Waals surface area contributed by atoms with E-state index in [1.165, 1.54) is 25.7 Å². The zero-order valence-corrected chi connectivity index (χ0v) is 16.0. The van der Waals surface area contributed by atoms with Crippen LogP contribution in [0.25, 0.3) is 0 Å². The van der Waals surface area contributed by atoms with Crippen LogP contribution >= 0.6 is 0 Å². The van der Waals surface area contributed by atoms with Crippen LogP contribution in [0.15, 0.2) is 0 Å². The minimum absolute atomic E-state index is 0.00336. The minimum atomic E-state index is -1.26. The van der Waals surface area contributed by atoms with Crippen LogP contribution in [0.3, 0.4) is 0 Å². The van der Waals surface area contributed by atoms with E-state index in [-0.39, 0.29) is 11.8 Å². The first kappa shape index (κ1) is 19.7. The summed E-state index contributed by atoms with van der Waals surface area (Å²) in [6, 6.07) is 0. The van der Waals surface area contributed by atoms with E-state index in [9.17, 15) is 13.2 Å².